The molecule has 142 valence electrons. The Morgan fingerprint density at radius 1 is 1.30 bits per heavy atom. The number of thioether (sulfide) groups is 1. The van der Waals surface area contributed by atoms with Crippen molar-refractivity contribution in [3.8, 4) is 0 Å². The third kappa shape index (κ3) is 4.76. The fraction of sp³-hybridized carbons (Fsp3) is 0.263. The number of amides is 1. The van der Waals surface area contributed by atoms with Crippen LogP contribution in [0.3, 0.4) is 0 Å². The first-order valence-electron chi connectivity index (χ1n) is 8.37. The highest BCUT2D eigenvalue weighted by atomic mass is 35.5. The second kappa shape index (κ2) is 8.97. The maximum absolute atomic E-state index is 12.6. The van der Waals surface area contributed by atoms with Crippen molar-refractivity contribution in [1.82, 2.24) is 5.32 Å². The molecule has 0 bridgehead atoms. The second-order valence-corrected chi connectivity index (χ2v) is 7.79. The molecule has 2 aromatic carbocycles. The lowest BCUT2D eigenvalue weighted by Gasteiger charge is -2.24. The van der Waals surface area contributed by atoms with E-state index < -0.39 is 6.10 Å². The summed E-state index contributed by atoms with van der Waals surface area (Å²) < 4.78 is 0. The van der Waals surface area contributed by atoms with Gasteiger partial charge in [0.25, 0.3) is 0 Å². The number of rotatable bonds is 5. The Bertz CT molecular complexity index is 876. The van der Waals surface area contributed by atoms with Gasteiger partial charge in [0, 0.05) is 40.5 Å². The topological polar surface area (TPSA) is 64.9 Å². The van der Waals surface area contributed by atoms with E-state index in [4.69, 9.17) is 23.2 Å². The minimum Gasteiger partial charge on any atom is -0.384 e. The third-order valence-electron chi connectivity index (χ3n) is 4.20. The van der Waals surface area contributed by atoms with Gasteiger partial charge in [-0.2, -0.15) is 0 Å². The molecule has 0 spiro atoms. The Morgan fingerprint density at radius 3 is 2.78 bits per heavy atom. The highest BCUT2D eigenvalue weighted by Crippen LogP contribution is 2.35. The number of hydrogen-bond acceptors (Lipinski definition) is 5. The zero-order valence-corrected chi connectivity index (χ0v) is 17.0. The van der Waals surface area contributed by atoms with Crippen molar-refractivity contribution in [3.05, 3.63) is 63.6 Å². The maximum Gasteiger partial charge on any atom is 0.237 e. The first-order chi connectivity index (χ1) is 13.0. The Kier molecular flexibility index (Phi) is 6.65. The lowest BCUT2D eigenvalue weighted by molar-refractivity contribution is -0.115. The molecule has 1 amide bonds. The zero-order chi connectivity index (χ0) is 19.4. The Morgan fingerprint density at radius 2 is 2.07 bits per heavy atom. The normalized spacial score (nSPS) is 14.4. The number of aliphatic hydroxyl groups is 1. The van der Waals surface area contributed by atoms with E-state index in [9.17, 15) is 9.90 Å². The molecule has 1 unspecified atom stereocenters. The first kappa shape index (κ1) is 20.0. The van der Waals surface area contributed by atoms with E-state index in [1.165, 1.54) is 16.7 Å². The first-order valence-corrected chi connectivity index (χ1v) is 10.1. The van der Waals surface area contributed by atoms with E-state index in [0.717, 1.165) is 18.3 Å². The molecule has 1 atom stereocenters. The van der Waals surface area contributed by atoms with Gasteiger partial charge in [-0.3, -0.25) is 9.79 Å². The van der Waals surface area contributed by atoms with Crippen LogP contribution in [0.15, 0.2) is 47.5 Å². The van der Waals surface area contributed by atoms with Crippen molar-refractivity contribution < 1.29 is 9.90 Å². The molecule has 8 heteroatoms. The molecule has 0 saturated heterocycles. The number of halogens is 2. The smallest absolute Gasteiger partial charge is 0.237 e. The van der Waals surface area contributed by atoms with E-state index in [2.05, 4.69) is 10.3 Å². The van der Waals surface area contributed by atoms with Gasteiger partial charge in [0.2, 0.25) is 5.91 Å². The number of anilines is 1. The van der Waals surface area contributed by atoms with E-state index in [0.29, 0.717) is 26.9 Å². The van der Waals surface area contributed by atoms with Gasteiger partial charge in [-0.1, -0.05) is 53.2 Å². The minimum absolute atomic E-state index is 0.105. The number of carbonyl (C=O) groups excluding carboxylic acids is 1. The average Bonchev–Trinajstić information content (AvgIpc) is 3.19. The van der Waals surface area contributed by atoms with E-state index in [1.807, 2.05) is 0 Å². The number of hydrogen-bond donors (Lipinski definition) is 2. The van der Waals surface area contributed by atoms with Crippen molar-refractivity contribution in [2.45, 2.75) is 6.10 Å². The predicted octanol–water partition coefficient (Wildman–Crippen LogP) is 3.73. The number of nitrogens with zero attached hydrogens (tertiary/aromatic N) is 2. The number of nitrogens with one attached hydrogen (secondary N) is 1. The highest BCUT2D eigenvalue weighted by molar-refractivity contribution is 8.14. The number of benzene rings is 2. The number of aliphatic hydroxyl groups excluding tert-OH is 1. The summed E-state index contributed by atoms with van der Waals surface area (Å²) in [5, 5.41) is 15.7. The van der Waals surface area contributed by atoms with Crippen LogP contribution in [-0.2, 0) is 4.79 Å². The molecule has 2 aromatic rings. The van der Waals surface area contributed by atoms with Crippen molar-refractivity contribution >= 4 is 51.7 Å². The monoisotopic (exact) mass is 423 g/mol. The van der Waals surface area contributed by atoms with E-state index >= 15 is 0 Å². The molecule has 2 N–H and O–H groups in total. The SMILES string of the molecule is CN(C(=O)CSC1=NCCN1)c1ccc(Cl)cc1C(O)c1ccccc1Cl. The fourth-order valence-corrected chi connectivity index (χ4v) is 4.01. The van der Waals surface area contributed by atoms with Gasteiger partial charge in [-0.25, -0.2) is 0 Å². The van der Waals surface area contributed by atoms with Crippen LogP contribution >= 0.6 is 35.0 Å². The van der Waals surface area contributed by atoms with Crippen LogP contribution in [0.1, 0.15) is 17.2 Å². The van der Waals surface area contributed by atoms with Crippen LogP contribution in [0.5, 0.6) is 0 Å². The summed E-state index contributed by atoms with van der Waals surface area (Å²) in [6.45, 7) is 1.54. The van der Waals surface area contributed by atoms with Crippen molar-refractivity contribution in [1.29, 1.82) is 0 Å². The third-order valence-corrected chi connectivity index (χ3v) is 5.71. The van der Waals surface area contributed by atoms with Crippen LogP contribution < -0.4 is 10.2 Å². The van der Waals surface area contributed by atoms with Gasteiger partial charge >= 0.3 is 0 Å². The molecule has 5 nitrogen and oxygen atoms in total. The lowest BCUT2D eigenvalue weighted by Crippen LogP contribution is -2.30. The molecular weight excluding hydrogens is 405 g/mol. The van der Waals surface area contributed by atoms with Crippen molar-refractivity contribution in [2.75, 3.05) is 30.8 Å². The van der Waals surface area contributed by atoms with Crippen LogP contribution in [0.4, 0.5) is 5.69 Å². The number of carbonyl (C=O) groups is 1. The molecule has 27 heavy (non-hydrogen) atoms. The Hall–Kier alpha value is -1.73. The standard InChI is InChI=1S/C19H19Cl2N3O2S/c1-24(17(25)11-27-19-22-8-9-23-19)16-7-6-12(20)10-14(16)18(26)13-4-2-3-5-15(13)21/h2-7,10,18,26H,8-9,11H2,1H3,(H,22,23). The van der Waals surface area contributed by atoms with Gasteiger partial charge in [0.15, 0.2) is 5.17 Å². The van der Waals surface area contributed by atoms with Gasteiger partial charge in [0.05, 0.1) is 12.3 Å². The molecule has 3 rings (SSSR count). The summed E-state index contributed by atoms with van der Waals surface area (Å²) in [5.74, 6) is 0.137. The van der Waals surface area contributed by atoms with E-state index in [-0.39, 0.29) is 11.7 Å². The lowest BCUT2D eigenvalue weighted by atomic mass is 9.99. The summed E-state index contributed by atoms with van der Waals surface area (Å²) >= 11 is 13.7. The van der Waals surface area contributed by atoms with Crippen molar-refractivity contribution in [3.63, 3.8) is 0 Å². The highest BCUT2D eigenvalue weighted by Gasteiger charge is 2.22. The molecule has 0 radical (unpaired) electrons. The molecule has 0 saturated carbocycles. The molecule has 0 aromatic heterocycles. The van der Waals surface area contributed by atoms with Gasteiger partial charge in [0.1, 0.15) is 6.10 Å². The van der Waals surface area contributed by atoms with E-state index in [1.54, 1.807) is 49.5 Å². The quantitative estimate of drug-likeness (QED) is 0.768. The Balaban J connectivity index is 1.84. The maximum atomic E-state index is 12.6. The molecule has 1 aliphatic rings. The van der Waals surface area contributed by atoms with Crippen molar-refractivity contribution in [2.24, 2.45) is 4.99 Å². The van der Waals surface area contributed by atoms with Crippen LogP contribution in [0.25, 0.3) is 0 Å². The summed E-state index contributed by atoms with van der Waals surface area (Å²) in [6.07, 6.45) is -1.00. The summed E-state index contributed by atoms with van der Waals surface area (Å²) in [7, 11) is 1.68. The zero-order valence-electron chi connectivity index (χ0n) is 14.7. The van der Waals surface area contributed by atoms with Gasteiger partial charge < -0.3 is 15.3 Å². The molecule has 1 aliphatic heterocycles. The van der Waals surface area contributed by atoms with Crippen LogP contribution in [-0.4, -0.2) is 42.1 Å². The molecule has 1 heterocycles. The summed E-state index contributed by atoms with van der Waals surface area (Å²) in [5.41, 5.74) is 1.66. The predicted molar refractivity (Wildman–Crippen MR) is 113 cm³/mol. The summed E-state index contributed by atoms with van der Waals surface area (Å²) in [4.78, 5) is 18.4. The summed E-state index contributed by atoms with van der Waals surface area (Å²) in [6, 6.07) is 12.1. The van der Waals surface area contributed by atoms with Gasteiger partial charge in [-0.15, -0.1) is 0 Å². The molecular formula is C19H19Cl2N3O2S. The van der Waals surface area contributed by atoms with Crippen LogP contribution in [0.2, 0.25) is 10.0 Å². The average molecular weight is 424 g/mol. The second-order valence-electron chi connectivity index (χ2n) is 5.98. The largest absolute Gasteiger partial charge is 0.384 e. The Labute approximate surface area is 172 Å². The minimum atomic E-state index is -1.00. The van der Waals surface area contributed by atoms with Gasteiger partial charge in [-0.05, 0) is 24.3 Å². The number of aliphatic imine (C=N–C) groups is 1. The number of amidine groups is 1. The molecule has 0 aliphatic carbocycles. The fourth-order valence-electron chi connectivity index (χ4n) is 2.75. The van der Waals surface area contributed by atoms with Crippen LogP contribution in [0, 0.1) is 0 Å². The molecule has 0 fully saturated rings.